The molecule has 0 atom stereocenters. The highest BCUT2D eigenvalue weighted by atomic mass is 16.5. The van der Waals surface area contributed by atoms with E-state index in [9.17, 15) is 4.79 Å². The summed E-state index contributed by atoms with van der Waals surface area (Å²) in [7, 11) is 3.55. The summed E-state index contributed by atoms with van der Waals surface area (Å²) in [6.07, 6.45) is 9.49. The van der Waals surface area contributed by atoms with Gasteiger partial charge in [-0.1, -0.05) is 0 Å². The quantitative estimate of drug-likeness (QED) is 0.499. The van der Waals surface area contributed by atoms with E-state index < -0.39 is 0 Å². The molecule has 0 saturated heterocycles. The molecule has 0 amide bonds. The predicted molar refractivity (Wildman–Crippen MR) is 137 cm³/mol. The van der Waals surface area contributed by atoms with Crippen molar-refractivity contribution in [3.63, 3.8) is 0 Å². The number of ether oxygens (including phenoxy) is 1. The zero-order valence-electron chi connectivity index (χ0n) is 21.2. The van der Waals surface area contributed by atoms with Crippen molar-refractivity contribution in [1.82, 2.24) is 34.7 Å². The molecule has 3 heterocycles. The van der Waals surface area contributed by atoms with E-state index in [4.69, 9.17) is 9.84 Å². The number of aryl methyl sites for hydroxylation is 3. The van der Waals surface area contributed by atoms with Crippen LogP contribution in [0.4, 0.5) is 0 Å². The highest BCUT2D eigenvalue weighted by molar-refractivity contribution is 5.68. The Hall–Kier alpha value is -3.69. The summed E-state index contributed by atoms with van der Waals surface area (Å²) in [6.45, 7) is 10.5. The van der Waals surface area contributed by atoms with Gasteiger partial charge >= 0.3 is 0 Å². The minimum Gasteiger partial charge on any atom is -0.473 e. The maximum atomic E-state index is 11.8. The molecule has 0 aliphatic heterocycles. The minimum absolute atomic E-state index is 0.0514. The lowest BCUT2D eigenvalue weighted by Crippen LogP contribution is -2.28. The van der Waals surface area contributed by atoms with Crippen LogP contribution in [0.2, 0.25) is 0 Å². The zero-order valence-corrected chi connectivity index (χ0v) is 21.2. The van der Waals surface area contributed by atoms with Crippen molar-refractivity contribution in [2.75, 3.05) is 6.54 Å². The third kappa shape index (κ3) is 5.21. The van der Waals surface area contributed by atoms with Gasteiger partial charge in [-0.3, -0.25) is 14.2 Å². The number of hydrogen-bond donors (Lipinski definition) is 1. The van der Waals surface area contributed by atoms with Crippen molar-refractivity contribution < 1.29 is 4.74 Å². The highest BCUT2D eigenvalue weighted by Crippen LogP contribution is 2.35. The van der Waals surface area contributed by atoms with Crippen LogP contribution in [0.5, 0.6) is 5.88 Å². The predicted octanol–water partition coefficient (Wildman–Crippen LogP) is 3.17. The molecule has 10 nitrogen and oxygen atoms in total. The van der Waals surface area contributed by atoms with Crippen LogP contribution in [0.15, 0.2) is 34.1 Å². The summed E-state index contributed by atoms with van der Waals surface area (Å²) < 4.78 is 11.4. The maximum absolute atomic E-state index is 11.8. The van der Waals surface area contributed by atoms with Crippen LogP contribution in [0.3, 0.4) is 0 Å². The summed E-state index contributed by atoms with van der Waals surface area (Å²) in [5.74, 6) is 1.25. The van der Waals surface area contributed by atoms with E-state index in [0.29, 0.717) is 5.88 Å². The zero-order chi connectivity index (χ0) is 25.1. The first-order valence-electron chi connectivity index (χ1n) is 12.0. The van der Waals surface area contributed by atoms with E-state index in [1.165, 1.54) is 4.68 Å². The molecule has 4 rings (SSSR count). The lowest BCUT2D eigenvalue weighted by atomic mass is 9.92. The van der Waals surface area contributed by atoms with E-state index in [0.717, 1.165) is 66.1 Å². The largest absolute Gasteiger partial charge is 0.473 e. The molecule has 1 fully saturated rings. The van der Waals surface area contributed by atoms with E-state index in [-0.39, 0.29) is 17.7 Å². The fourth-order valence-electron chi connectivity index (χ4n) is 4.55. The molecule has 0 unspecified atom stereocenters. The SMILES string of the molecule is C=N/C(=C\c1c(C)c(-c2cnn(C)c2)nn1[C@H]1CC[C@@H](Oc2nn(C)c(=O)cc2C)CC1)NCC. The topological polar surface area (TPSA) is 104 Å². The van der Waals surface area contributed by atoms with Gasteiger partial charge in [0.15, 0.2) is 0 Å². The van der Waals surface area contributed by atoms with Crippen molar-refractivity contribution >= 4 is 12.8 Å². The molecule has 0 bridgehead atoms. The first-order valence-corrected chi connectivity index (χ1v) is 12.0. The first kappa shape index (κ1) is 24.4. The van der Waals surface area contributed by atoms with Crippen LogP contribution in [-0.2, 0) is 14.1 Å². The minimum atomic E-state index is -0.136. The summed E-state index contributed by atoms with van der Waals surface area (Å²) >= 11 is 0. The Bertz CT molecular complexity index is 1290. The van der Waals surface area contributed by atoms with E-state index in [1.807, 2.05) is 39.4 Å². The number of hydrogen-bond acceptors (Lipinski definition) is 7. The molecule has 1 aliphatic rings. The Morgan fingerprint density at radius 2 is 2.00 bits per heavy atom. The second-order valence-corrected chi connectivity index (χ2v) is 9.07. The fourth-order valence-corrected chi connectivity index (χ4v) is 4.55. The maximum Gasteiger partial charge on any atom is 0.266 e. The van der Waals surface area contributed by atoms with Gasteiger partial charge in [0.05, 0.1) is 23.6 Å². The monoisotopic (exact) mass is 478 g/mol. The van der Waals surface area contributed by atoms with Gasteiger partial charge in [-0.2, -0.15) is 10.2 Å². The van der Waals surface area contributed by atoms with Crippen LogP contribution < -0.4 is 15.6 Å². The molecular formula is C25H34N8O2. The molecule has 0 spiro atoms. The molecule has 1 aliphatic carbocycles. The second kappa shape index (κ2) is 10.3. The van der Waals surface area contributed by atoms with Gasteiger partial charge in [-0.15, -0.1) is 5.10 Å². The number of nitrogens with one attached hydrogen (secondary N) is 1. The molecule has 0 aromatic carbocycles. The Kier molecular flexibility index (Phi) is 7.18. The average Bonchev–Trinajstić information content (AvgIpc) is 3.40. The highest BCUT2D eigenvalue weighted by Gasteiger charge is 2.28. The number of aromatic nitrogens is 6. The normalized spacial score (nSPS) is 18.5. The van der Waals surface area contributed by atoms with Crippen LogP contribution in [-0.4, -0.2) is 48.7 Å². The van der Waals surface area contributed by atoms with Gasteiger partial charge in [0.25, 0.3) is 5.56 Å². The van der Waals surface area contributed by atoms with Crippen molar-refractivity contribution in [3.05, 3.63) is 51.5 Å². The van der Waals surface area contributed by atoms with E-state index >= 15 is 0 Å². The van der Waals surface area contributed by atoms with Crippen molar-refractivity contribution in [3.8, 4) is 17.1 Å². The first-order chi connectivity index (χ1) is 16.8. The van der Waals surface area contributed by atoms with Crippen LogP contribution in [0, 0.1) is 13.8 Å². The molecule has 1 N–H and O–H groups in total. The van der Waals surface area contributed by atoms with Crippen molar-refractivity contribution in [2.45, 2.75) is 58.6 Å². The van der Waals surface area contributed by atoms with Gasteiger partial charge < -0.3 is 10.1 Å². The molecule has 1 saturated carbocycles. The Balaban J connectivity index is 1.59. The van der Waals surface area contributed by atoms with Gasteiger partial charge in [0, 0.05) is 55.7 Å². The standard InChI is InChI=1S/C25H34N8O2/c1-7-27-22(26-4)13-21-17(3)24(18-14-28-31(5)15-18)29-33(21)19-8-10-20(11-9-19)35-25-16(2)12-23(34)32(6)30-25/h12-15,19-20,27H,4,7-11H2,1-3,5-6H3/b22-13+/t19-,20+. The Morgan fingerprint density at radius 1 is 1.26 bits per heavy atom. The van der Waals surface area contributed by atoms with Crippen molar-refractivity contribution in [1.29, 1.82) is 0 Å². The van der Waals surface area contributed by atoms with E-state index in [1.54, 1.807) is 17.8 Å². The molecule has 3 aromatic heterocycles. The summed E-state index contributed by atoms with van der Waals surface area (Å²) in [6, 6.07) is 1.79. The molecule has 35 heavy (non-hydrogen) atoms. The summed E-state index contributed by atoms with van der Waals surface area (Å²) in [4.78, 5) is 16.0. The number of nitrogens with zero attached hydrogens (tertiary/aromatic N) is 7. The number of rotatable bonds is 8. The smallest absolute Gasteiger partial charge is 0.266 e. The molecular weight excluding hydrogens is 444 g/mol. The fraction of sp³-hybridized carbons (Fsp3) is 0.480. The van der Waals surface area contributed by atoms with Gasteiger partial charge in [-0.05, 0) is 53.2 Å². The molecule has 10 heteroatoms. The van der Waals surface area contributed by atoms with Gasteiger partial charge in [0.1, 0.15) is 11.9 Å². The Morgan fingerprint density at radius 3 is 2.63 bits per heavy atom. The summed E-state index contributed by atoms with van der Waals surface area (Å²) in [5.41, 5.74) is 4.64. The van der Waals surface area contributed by atoms with Crippen molar-refractivity contribution in [2.24, 2.45) is 19.1 Å². The van der Waals surface area contributed by atoms with E-state index in [2.05, 4.69) is 38.8 Å². The molecule has 0 radical (unpaired) electrons. The molecule has 3 aromatic rings. The van der Waals surface area contributed by atoms with Crippen LogP contribution >= 0.6 is 0 Å². The average molecular weight is 479 g/mol. The van der Waals surface area contributed by atoms with Gasteiger partial charge in [-0.25, -0.2) is 9.67 Å². The lowest BCUT2D eigenvalue weighted by Gasteiger charge is -2.30. The second-order valence-electron chi connectivity index (χ2n) is 9.07. The van der Waals surface area contributed by atoms with Crippen LogP contribution in [0.25, 0.3) is 17.3 Å². The lowest BCUT2D eigenvalue weighted by molar-refractivity contribution is 0.121. The number of aliphatic imine (C=N–C) groups is 1. The third-order valence-corrected chi connectivity index (χ3v) is 6.48. The summed E-state index contributed by atoms with van der Waals surface area (Å²) in [5, 5.41) is 16.9. The van der Waals surface area contributed by atoms with Crippen LogP contribution in [0.1, 0.15) is 55.5 Å². The third-order valence-electron chi connectivity index (χ3n) is 6.48. The molecule has 186 valence electrons. The van der Waals surface area contributed by atoms with Gasteiger partial charge in [0.2, 0.25) is 5.88 Å². The Labute approximate surface area is 205 Å².